The van der Waals surface area contributed by atoms with Gasteiger partial charge in [0.1, 0.15) is 12.2 Å². The number of rotatable bonds is 5. The fourth-order valence-corrected chi connectivity index (χ4v) is 1.98. The minimum atomic E-state index is 0.00899. The number of aromatic nitrogens is 3. The van der Waals surface area contributed by atoms with Crippen LogP contribution in [0, 0.1) is 12.8 Å². The summed E-state index contributed by atoms with van der Waals surface area (Å²) < 4.78 is 1.79. The Bertz CT molecular complexity index is 616. The molecule has 5 nitrogen and oxygen atoms in total. The Morgan fingerprint density at radius 2 is 2.15 bits per heavy atom. The van der Waals surface area contributed by atoms with Gasteiger partial charge in [-0.2, -0.15) is 5.10 Å². The molecular weight excluding hydrogens is 252 g/mol. The summed E-state index contributed by atoms with van der Waals surface area (Å²) in [4.78, 5) is 16.5. The number of nitrogens with zero attached hydrogens (tertiary/aromatic N) is 3. The van der Waals surface area contributed by atoms with Gasteiger partial charge in [0.25, 0.3) is 0 Å². The maximum Gasteiger partial charge on any atom is 0.170 e. The Hall–Kier alpha value is -2.17. The second-order valence-electron chi connectivity index (χ2n) is 5.42. The molecule has 0 saturated carbocycles. The molecule has 0 fully saturated rings. The first kappa shape index (κ1) is 14.2. The van der Waals surface area contributed by atoms with Crippen LogP contribution in [0.2, 0.25) is 0 Å². The lowest BCUT2D eigenvalue weighted by molar-refractivity contribution is 0.0989. The molecule has 1 aromatic carbocycles. The van der Waals surface area contributed by atoms with E-state index in [9.17, 15) is 4.79 Å². The zero-order valence-electron chi connectivity index (χ0n) is 12.1. The summed E-state index contributed by atoms with van der Waals surface area (Å²) >= 11 is 0. The molecule has 2 aromatic rings. The minimum absolute atomic E-state index is 0.00899. The molecule has 0 saturated heterocycles. The van der Waals surface area contributed by atoms with Crippen LogP contribution in [0.15, 0.2) is 24.5 Å². The number of anilines is 1. The van der Waals surface area contributed by atoms with E-state index in [-0.39, 0.29) is 12.2 Å². The number of aryl methyl sites for hydroxylation is 1. The van der Waals surface area contributed by atoms with Gasteiger partial charge in [-0.05, 0) is 24.5 Å². The molecule has 0 unspecified atom stereocenters. The highest BCUT2D eigenvalue weighted by atomic mass is 16.1. The third kappa shape index (κ3) is 3.23. The topological polar surface area (TPSA) is 73.8 Å². The van der Waals surface area contributed by atoms with E-state index in [1.54, 1.807) is 16.8 Å². The third-order valence-corrected chi connectivity index (χ3v) is 3.15. The molecule has 2 N–H and O–H groups in total. The molecule has 106 valence electrons. The Morgan fingerprint density at radius 3 is 2.80 bits per heavy atom. The summed E-state index contributed by atoms with van der Waals surface area (Å²) in [6, 6.07) is 5.39. The number of Topliss-reactive ketones (excluding diaryl/α,β-unsaturated/α-hetero) is 1. The van der Waals surface area contributed by atoms with E-state index in [4.69, 9.17) is 5.73 Å². The molecule has 0 aliphatic carbocycles. The largest absolute Gasteiger partial charge is 0.398 e. The highest BCUT2D eigenvalue weighted by Gasteiger charge is 2.13. The lowest BCUT2D eigenvalue weighted by atomic mass is 10.0. The predicted octanol–water partition coefficient (Wildman–Crippen LogP) is 2.25. The fourth-order valence-electron chi connectivity index (χ4n) is 1.98. The van der Waals surface area contributed by atoms with Gasteiger partial charge < -0.3 is 5.73 Å². The molecule has 0 atom stereocenters. The normalized spacial score (nSPS) is 11.0. The molecule has 0 bridgehead atoms. The van der Waals surface area contributed by atoms with Crippen molar-refractivity contribution in [2.45, 2.75) is 33.7 Å². The van der Waals surface area contributed by atoms with Crippen LogP contribution in [0.4, 0.5) is 5.69 Å². The van der Waals surface area contributed by atoms with Gasteiger partial charge in [-0.3, -0.25) is 4.79 Å². The minimum Gasteiger partial charge on any atom is -0.398 e. The van der Waals surface area contributed by atoms with Gasteiger partial charge in [0, 0.05) is 17.8 Å². The summed E-state index contributed by atoms with van der Waals surface area (Å²) in [5.74, 6) is 1.16. The number of hydrogen-bond donors (Lipinski definition) is 1. The Labute approximate surface area is 118 Å². The average molecular weight is 272 g/mol. The molecule has 20 heavy (non-hydrogen) atoms. The van der Waals surface area contributed by atoms with E-state index in [1.165, 1.54) is 6.33 Å². The van der Waals surface area contributed by atoms with Crippen molar-refractivity contribution >= 4 is 11.5 Å². The number of carbonyl (C=O) groups excluding carboxylic acids is 1. The van der Waals surface area contributed by atoms with E-state index >= 15 is 0 Å². The zero-order chi connectivity index (χ0) is 14.7. The number of nitrogen functional groups attached to an aromatic ring is 1. The number of benzene rings is 1. The van der Waals surface area contributed by atoms with Crippen LogP contribution in [0.25, 0.3) is 0 Å². The van der Waals surface area contributed by atoms with Gasteiger partial charge in [0.15, 0.2) is 5.78 Å². The van der Waals surface area contributed by atoms with E-state index in [0.29, 0.717) is 23.0 Å². The molecular formula is C15H20N4O. The Kier molecular flexibility index (Phi) is 4.17. The van der Waals surface area contributed by atoms with Crippen molar-refractivity contribution in [1.82, 2.24) is 14.8 Å². The summed E-state index contributed by atoms with van der Waals surface area (Å²) in [5.41, 5.74) is 8.07. The smallest absolute Gasteiger partial charge is 0.170 e. The average Bonchev–Trinajstić information content (AvgIpc) is 2.79. The molecule has 1 heterocycles. The van der Waals surface area contributed by atoms with Crippen LogP contribution in [0.5, 0.6) is 0 Å². The first-order valence-corrected chi connectivity index (χ1v) is 6.73. The van der Waals surface area contributed by atoms with Crippen LogP contribution in [-0.4, -0.2) is 20.5 Å². The highest BCUT2D eigenvalue weighted by Crippen LogP contribution is 2.15. The second kappa shape index (κ2) is 5.86. The van der Waals surface area contributed by atoms with Crippen molar-refractivity contribution in [2.24, 2.45) is 5.92 Å². The first-order chi connectivity index (χ1) is 9.47. The van der Waals surface area contributed by atoms with E-state index in [0.717, 1.165) is 12.1 Å². The second-order valence-corrected chi connectivity index (χ2v) is 5.42. The zero-order valence-corrected chi connectivity index (χ0v) is 12.1. The summed E-state index contributed by atoms with van der Waals surface area (Å²) in [7, 11) is 0. The quantitative estimate of drug-likeness (QED) is 0.669. The molecule has 0 aliphatic rings. The molecule has 5 heteroatoms. The molecule has 2 rings (SSSR count). The summed E-state index contributed by atoms with van der Waals surface area (Å²) in [6.45, 7) is 6.89. The first-order valence-electron chi connectivity index (χ1n) is 6.73. The van der Waals surface area contributed by atoms with Crippen LogP contribution in [-0.2, 0) is 13.0 Å². The number of hydrogen-bond acceptors (Lipinski definition) is 4. The monoisotopic (exact) mass is 272 g/mol. The molecule has 0 spiro atoms. The van der Waals surface area contributed by atoms with Crippen LogP contribution in [0.3, 0.4) is 0 Å². The van der Waals surface area contributed by atoms with Gasteiger partial charge in [-0.25, -0.2) is 9.67 Å². The van der Waals surface area contributed by atoms with Crippen LogP contribution >= 0.6 is 0 Å². The van der Waals surface area contributed by atoms with Crippen LogP contribution in [0.1, 0.15) is 35.6 Å². The highest BCUT2D eigenvalue weighted by molar-refractivity contribution is 5.98. The number of nitrogens with two attached hydrogens (primary N) is 1. The van der Waals surface area contributed by atoms with Gasteiger partial charge in [0.05, 0.1) is 6.42 Å². The number of ketones is 1. The Balaban J connectivity index is 2.15. The fraction of sp³-hybridized carbons (Fsp3) is 0.400. The molecule has 0 radical (unpaired) electrons. The Morgan fingerprint density at radius 1 is 1.40 bits per heavy atom. The van der Waals surface area contributed by atoms with Gasteiger partial charge in [-0.15, -0.1) is 0 Å². The van der Waals surface area contributed by atoms with Gasteiger partial charge in [-0.1, -0.05) is 26.0 Å². The number of carbonyl (C=O) groups is 1. The third-order valence-electron chi connectivity index (χ3n) is 3.15. The van der Waals surface area contributed by atoms with Crippen molar-refractivity contribution in [2.75, 3.05) is 5.73 Å². The maximum atomic E-state index is 12.3. The van der Waals surface area contributed by atoms with Crippen molar-refractivity contribution in [1.29, 1.82) is 0 Å². The van der Waals surface area contributed by atoms with Crippen molar-refractivity contribution in [3.63, 3.8) is 0 Å². The SMILES string of the molecule is Cc1ccc(C(=O)Cc2ncnn2CC(C)C)cc1N. The molecule has 0 amide bonds. The van der Waals surface area contributed by atoms with Gasteiger partial charge in [0.2, 0.25) is 0 Å². The predicted molar refractivity (Wildman–Crippen MR) is 78.5 cm³/mol. The van der Waals surface area contributed by atoms with Crippen molar-refractivity contribution in [3.05, 3.63) is 41.5 Å². The molecule has 0 aliphatic heterocycles. The van der Waals surface area contributed by atoms with Crippen molar-refractivity contribution < 1.29 is 4.79 Å². The lowest BCUT2D eigenvalue weighted by Gasteiger charge is -2.08. The van der Waals surface area contributed by atoms with Crippen LogP contribution < -0.4 is 5.73 Å². The van der Waals surface area contributed by atoms with Gasteiger partial charge >= 0.3 is 0 Å². The molecule has 1 aromatic heterocycles. The standard InChI is InChI=1S/C15H20N4O/c1-10(2)8-19-15(17-9-18-19)7-14(20)12-5-4-11(3)13(16)6-12/h4-6,9-10H,7-8,16H2,1-3H3. The maximum absolute atomic E-state index is 12.3. The van der Waals surface area contributed by atoms with E-state index < -0.39 is 0 Å². The summed E-state index contributed by atoms with van der Waals surface area (Å²) in [5, 5.41) is 4.16. The van der Waals surface area contributed by atoms with E-state index in [1.807, 2.05) is 13.0 Å². The van der Waals surface area contributed by atoms with E-state index in [2.05, 4.69) is 23.9 Å². The lowest BCUT2D eigenvalue weighted by Crippen LogP contribution is -2.14. The van der Waals surface area contributed by atoms with Crippen molar-refractivity contribution in [3.8, 4) is 0 Å². The summed E-state index contributed by atoms with van der Waals surface area (Å²) in [6.07, 6.45) is 1.74.